The maximum absolute atomic E-state index is 15.5. The van der Waals surface area contributed by atoms with Crippen LogP contribution in [0.15, 0.2) is 41.5 Å². The average Bonchev–Trinajstić information content (AvgIpc) is 2.78. The molecule has 2 heterocycles. The Bertz CT molecular complexity index is 1090. The summed E-state index contributed by atoms with van der Waals surface area (Å²) >= 11 is 0. The first-order valence-corrected chi connectivity index (χ1v) is 9.25. The van der Waals surface area contributed by atoms with E-state index in [4.69, 9.17) is 15.7 Å². The summed E-state index contributed by atoms with van der Waals surface area (Å²) in [5.74, 6) is -5.46. The van der Waals surface area contributed by atoms with E-state index in [9.17, 15) is 9.18 Å². The van der Waals surface area contributed by atoms with Crippen molar-refractivity contribution in [2.45, 2.75) is 37.8 Å². The number of carbonyl (C=O) groups is 1. The standard InChI is InChI=1S/C21H20F3N5O2/c1-19(2)21(23,24)20(3,29-17(26)11-31-19)14-8-13(5-6-15(14)22)28-18(30)16-7-4-12(9-25)10-27-16/h4-8,10H,11H2,1-3H3,(H2,26,29)(H,28,30). The Hall–Kier alpha value is -3.45. The number of nitriles is 1. The highest BCUT2D eigenvalue weighted by molar-refractivity contribution is 6.02. The zero-order valence-corrected chi connectivity index (χ0v) is 17.0. The number of nitrogens with two attached hydrogens (primary N) is 1. The van der Waals surface area contributed by atoms with Crippen molar-refractivity contribution >= 4 is 17.4 Å². The van der Waals surface area contributed by atoms with Crippen LogP contribution in [0.25, 0.3) is 0 Å². The van der Waals surface area contributed by atoms with Gasteiger partial charge in [0.15, 0.2) is 5.54 Å². The van der Waals surface area contributed by atoms with E-state index in [2.05, 4.69) is 15.3 Å². The van der Waals surface area contributed by atoms with Gasteiger partial charge in [-0.1, -0.05) is 0 Å². The van der Waals surface area contributed by atoms with Gasteiger partial charge in [-0.25, -0.2) is 18.2 Å². The molecule has 0 radical (unpaired) electrons. The molecule has 0 spiro atoms. The normalized spacial score (nSPS) is 22.0. The van der Waals surface area contributed by atoms with Gasteiger partial charge in [-0.2, -0.15) is 5.26 Å². The lowest BCUT2D eigenvalue weighted by molar-refractivity contribution is -0.214. The lowest BCUT2D eigenvalue weighted by atomic mass is 9.78. The monoisotopic (exact) mass is 431 g/mol. The summed E-state index contributed by atoms with van der Waals surface area (Å²) in [4.78, 5) is 20.2. The molecule has 0 fully saturated rings. The zero-order chi connectivity index (χ0) is 23.0. The third-order valence-corrected chi connectivity index (χ3v) is 5.19. The molecule has 31 heavy (non-hydrogen) atoms. The summed E-state index contributed by atoms with van der Waals surface area (Å²) in [6, 6.07) is 7.90. The minimum absolute atomic E-state index is 0.00678. The highest BCUT2D eigenvalue weighted by Crippen LogP contribution is 2.50. The number of halogens is 3. The number of amidine groups is 1. The number of aromatic nitrogens is 1. The molecule has 1 unspecified atom stereocenters. The van der Waals surface area contributed by atoms with Crippen LogP contribution in [0.3, 0.4) is 0 Å². The number of nitrogens with one attached hydrogen (secondary N) is 1. The molecule has 7 nitrogen and oxygen atoms in total. The van der Waals surface area contributed by atoms with Crippen molar-refractivity contribution in [3.05, 3.63) is 59.2 Å². The molecule has 3 N–H and O–H groups in total. The van der Waals surface area contributed by atoms with Gasteiger partial charge >= 0.3 is 5.92 Å². The Labute approximate surface area is 176 Å². The van der Waals surface area contributed by atoms with Crippen LogP contribution in [-0.4, -0.2) is 34.9 Å². The highest BCUT2D eigenvalue weighted by Gasteiger charge is 2.63. The number of anilines is 1. The minimum Gasteiger partial charge on any atom is -0.385 e. The van der Waals surface area contributed by atoms with Gasteiger partial charge in [-0.15, -0.1) is 0 Å². The molecule has 1 aromatic heterocycles. The fraction of sp³-hybridized carbons (Fsp3) is 0.333. The molecule has 0 bridgehead atoms. The van der Waals surface area contributed by atoms with Crippen molar-refractivity contribution < 1.29 is 22.7 Å². The number of pyridine rings is 1. The molecule has 2 aromatic rings. The molecule has 1 aromatic carbocycles. The molecule has 162 valence electrons. The lowest BCUT2D eigenvalue weighted by Gasteiger charge is -2.42. The van der Waals surface area contributed by atoms with Gasteiger partial charge in [0.2, 0.25) is 0 Å². The molecule has 1 amide bonds. The highest BCUT2D eigenvalue weighted by atomic mass is 19.3. The number of benzene rings is 1. The molecule has 10 heteroatoms. The summed E-state index contributed by atoms with van der Waals surface area (Å²) in [6.45, 7) is 3.10. The fourth-order valence-corrected chi connectivity index (χ4v) is 3.32. The van der Waals surface area contributed by atoms with Gasteiger partial charge in [0, 0.05) is 17.4 Å². The third kappa shape index (κ3) is 3.84. The number of alkyl halides is 2. The van der Waals surface area contributed by atoms with Crippen LogP contribution in [0.2, 0.25) is 0 Å². The number of hydrogen-bond acceptors (Lipinski definition) is 6. The van der Waals surface area contributed by atoms with Gasteiger partial charge < -0.3 is 15.8 Å². The summed E-state index contributed by atoms with van der Waals surface area (Å²) < 4.78 is 50.9. The van der Waals surface area contributed by atoms with Crippen LogP contribution in [0.1, 0.15) is 42.4 Å². The predicted octanol–water partition coefficient (Wildman–Crippen LogP) is 3.36. The molecular weight excluding hydrogens is 411 g/mol. The third-order valence-electron chi connectivity index (χ3n) is 5.19. The number of nitrogens with zero attached hydrogens (tertiary/aromatic N) is 3. The van der Waals surface area contributed by atoms with Crippen LogP contribution in [0.4, 0.5) is 18.9 Å². The first-order chi connectivity index (χ1) is 14.4. The van der Waals surface area contributed by atoms with Gasteiger partial charge in [0.05, 0.1) is 5.56 Å². The minimum atomic E-state index is -3.65. The first kappa shape index (κ1) is 22.2. The van der Waals surface area contributed by atoms with Crippen molar-refractivity contribution in [3.63, 3.8) is 0 Å². The number of ether oxygens (including phenoxy) is 1. The van der Waals surface area contributed by atoms with Crippen molar-refractivity contribution in [2.24, 2.45) is 10.7 Å². The molecule has 1 aliphatic rings. The van der Waals surface area contributed by atoms with E-state index in [0.29, 0.717) is 0 Å². The smallest absolute Gasteiger partial charge is 0.304 e. The van der Waals surface area contributed by atoms with Crippen molar-refractivity contribution in [1.29, 1.82) is 5.26 Å². The number of aliphatic imine (C=N–C) groups is 1. The fourth-order valence-electron chi connectivity index (χ4n) is 3.32. The summed E-state index contributed by atoms with van der Waals surface area (Å²) in [5.41, 5.74) is 1.20. The number of amides is 1. The largest absolute Gasteiger partial charge is 0.385 e. The predicted molar refractivity (Wildman–Crippen MR) is 107 cm³/mol. The van der Waals surface area contributed by atoms with Crippen LogP contribution in [0, 0.1) is 17.1 Å². The van der Waals surface area contributed by atoms with E-state index in [0.717, 1.165) is 19.1 Å². The Kier molecular flexibility index (Phi) is 5.50. The van der Waals surface area contributed by atoms with Crippen LogP contribution < -0.4 is 11.1 Å². The molecule has 1 atom stereocenters. The van der Waals surface area contributed by atoms with E-state index < -0.39 is 34.4 Å². The first-order valence-electron chi connectivity index (χ1n) is 9.25. The summed E-state index contributed by atoms with van der Waals surface area (Å²) in [6.07, 6.45) is 1.22. The van der Waals surface area contributed by atoms with E-state index in [1.807, 2.05) is 6.07 Å². The average molecular weight is 431 g/mol. The van der Waals surface area contributed by atoms with E-state index in [1.54, 1.807) is 0 Å². The zero-order valence-electron chi connectivity index (χ0n) is 17.0. The lowest BCUT2D eigenvalue weighted by Crippen LogP contribution is -2.56. The molecule has 0 aliphatic carbocycles. The van der Waals surface area contributed by atoms with Gasteiger partial charge in [0.1, 0.15) is 35.6 Å². The summed E-state index contributed by atoms with van der Waals surface area (Å²) in [7, 11) is 0. The second-order valence-electron chi connectivity index (χ2n) is 7.74. The summed E-state index contributed by atoms with van der Waals surface area (Å²) in [5, 5.41) is 11.3. The van der Waals surface area contributed by atoms with Gasteiger partial charge in [-0.3, -0.25) is 9.79 Å². The molecule has 0 saturated heterocycles. The second-order valence-corrected chi connectivity index (χ2v) is 7.74. The Morgan fingerprint density at radius 1 is 1.26 bits per heavy atom. The molecule has 3 rings (SSSR count). The Balaban J connectivity index is 2.02. The van der Waals surface area contributed by atoms with Gasteiger partial charge in [-0.05, 0) is 51.1 Å². The molecule has 0 saturated carbocycles. The topological polar surface area (TPSA) is 113 Å². The SMILES string of the molecule is CC1(C)OCC(N)=NC(C)(c2cc(NC(=O)c3ccc(C#N)cn3)ccc2F)C1(F)F. The van der Waals surface area contributed by atoms with Crippen LogP contribution in [0.5, 0.6) is 0 Å². The van der Waals surface area contributed by atoms with E-state index in [1.165, 1.54) is 38.2 Å². The Morgan fingerprint density at radius 2 is 1.97 bits per heavy atom. The number of hydrogen-bond donors (Lipinski definition) is 2. The molecule has 1 aliphatic heterocycles. The van der Waals surface area contributed by atoms with Gasteiger partial charge in [0.25, 0.3) is 5.91 Å². The quantitative estimate of drug-likeness (QED) is 0.774. The Morgan fingerprint density at radius 3 is 2.58 bits per heavy atom. The van der Waals surface area contributed by atoms with Crippen molar-refractivity contribution in [2.75, 3.05) is 11.9 Å². The van der Waals surface area contributed by atoms with E-state index in [-0.39, 0.29) is 29.4 Å². The van der Waals surface area contributed by atoms with Crippen LogP contribution >= 0.6 is 0 Å². The number of rotatable bonds is 3. The maximum atomic E-state index is 15.5. The van der Waals surface area contributed by atoms with Crippen molar-refractivity contribution in [3.8, 4) is 6.07 Å². The second kappa shape index (κ2) is 7.67. The van der Waals surface area contributed by atoms with Crippen molar-refractivity contribution in [1.82, 2.24) is 4.98 Å². The molecular formula is C21H20F3N5O2. The van der Waals surface area contributed by atoms with Crippen LogP contribution in [-0.2, 0) is 10.3 Å². The van der Waals surface area contributed by atoms with E-state index >= 15 is 8.78 Å². The number of carbonyl (C=O) groups excluding carboxylic acids is 1. The maximum Gasteiger partial charge on any atom is 0.304 e.